The molecule has 7 nitrogen and oxygen atoms in total. The summed E-state index contributed by atoms with van der Waals surface area (Å²) in [5.41, 5.74) is 1.07. The van der Waals surface area contributed by atoms with Gasteiger partial charge in [-0.3, -0.25) is 24.1 Å². The van der Waals surface area contributed by atoms with E-state index in [0.717, 1.165) is 5.56 Å². The van der Waals surface area contributed by atoms with E-state index in [1.807, 2.05) is 42.5 Å². The van der Waals surface area contributed by atoms with Gasteiger partial charge in [-0.25, -0.2) is 0 Å². The van der Waals surface area contributed by atoms with Gasteiger partial charge in [0.25, 0.3) is 0 Å². The molecule has 1 N–H and O–H groups in total. The Morgan fingerprint density at radius 3 is 2.27 bits per heavy atom. The molecule has 0 spiro atoms. The number of fused-ring (bicyclic) bond motifs is 1. The third kappa shape index (κ3) is 4.61. The Hall–Kier alpha value is -2.96. The average molecular weight is 412 g/mol. The first-order valence-corrected chi connectivity index (χ1v) is 10.5. The van der Waals surface area contributed by atoms with Crippen molar-refractivity contribution in [1.82, 2.24) is 15.1 Å². The molecule has 7 heteroatoms. The smallest absolute Gasteiger partial charge is 0.242 e. The molecule has 160 valence electrons. The van der Waals surface area contributed by atoms with Gasteiger partial charge in [-0.1, -0.05) is 42.5 Å². The van der Waals surface area contributed by atoms with Crippen molar-refractivity contribution < 1.29 is 19.2 Å². The molecule has 3 rings (SSSR count). The van der Waals surface area contributed by atoms with E-state index in [2.05, 4.69) is 5.32 Å². The van der Waals surface area contributed by atoms with E-state index in [0.29, 0.717) is 25.8 Å². The Balaban J connectivity index is 1.64. The maximum Gasteiger partial charge on any atom is 0.242 e. The van der Waals surface area contributed by atoms with Gasteiger partial charge < -0.3 is 10.2 Å². The van der Waals surface area contributed by atoms with Gasteiger partial charge in [0.2, 0.25) is 23.6 Å². The highest BCUT2D eigenvalue weighted by Gasteiger charge is 2.47. The van der Waals surface area contributed by atoms with E-state index in [1.165, 1.54) is 16.8 Å². The molecule has 3 atom stereocenters. The second-order valence-electron chi connectivity index (χ2n) is 7.85. The fourth-order valence-corrected chi connectivity index (χ4v) is 4.22. The molecule has 30 heavy (non-hydrogen) atoms. The normalized spacial score (nSPS) is 21.3. The molecule has 4 amide bonds. The van der Waals surface area contributed by atoms with E-state index >= 15 is 0 Å². The van der Waals surface area contributed by atoms with E-state index in [1.54, 1.807) is 6.92 Å². The molecule has 0 aromatic heterocycles. The predicted octanol–water partition coefficient (Wildman–Crippen LogP) is 1.53. The highest BCUT2D eigenvalue weighted by atomic mass is 16.2. The number of likely N-dealkylation sites (tertiary alicyclic amines) is 1. The maximum atomic E-state index is 13.0. The molecule has 1 fully saturated rings. The molecule has 1 saturated heterocycles. The van der Waals surface area contributed by atoms with Crippen molar-refractivity contribution in [1.29, 1.82) is 0 Å². The van der Waals surface area contributed by atoms with Crippen LogP contribution in [0.2, 0.25) is 0 Å². The molecule has 1 aliphatic heterocycles. The summed E-state index contributed by atoms with van der Waals surface area (Å²) in [6, 6.07) is 9.11. The van der Waals surface area contributed by atoms with Gasteiger partial charge in [0.15, 0.2) is 0 Å². The van der Waals surface area contributed by atoms with E-state index in [9.17, 15) is 19.2 Å². The van der Waals surface area contributed by atoms with Crippen molar-refractivity contribution in [3.8, 4) is 0 Å². The van der Waals surface area contributed by atoms with Crippen LogP contribution in [0.25, 0.3) is 0 Å². The molecule has 1 aromatic rings. The standard InChI is InChI=1S/C23H29N3O4/c1-16(21(28)24-2)25(14-12-17-8-4-3-5-9-17)20(27)13-15-26-22(29)18-10-6-7-11-19(18)23(26)30/h3-9,16,18-19H,10-15H2,1-2H3,(H,24,28)/t16?,18-,19+. The van der Waals surface area contributed by atoms with Gasteiger partial charge in [-0.05, 0) is 31.7 Å². The maximum absolute atomic E-state index is 13.0. The molecule has 1 heterocycles. The summed E-state index contributed by atoms with van der Waals surface area (Å²) in [5.74, 6) is -1.44. The molecule has 1 unspecified atom stereocenters. The number of likely N-dealkylation sites (N-methyl/N-ethyl adjacent to an activating group) is 1. The third-order valence-electron chi connectivity index (χ3n) is 6.05. The van der Waals surface area contributed by atoms with Crippen LogP contribution in [-0.2, 0) is 25.6 Å². The molecular formula is C23H29N3O4. The molecule has 0 radical (unpaired) electrons. The number of allylic oxidation sites excluding steroid dienone is 2. The summed E-state index contributed by atoms with van der Waals surface area (Å²) in [6.45, 7) is 2.13. The predicted molar refractivity (Wildman–Crippen MR) is 112 cm³/mol. The van der Waals surface area contributed by atoms with Crippen molar-refractivity contribution in [2.24, 2.45) is 11.8 Å². The number of hydrogen-bond acceptors (Lipinski definition) is 4. The fraction of sp³-hybridized carbons (Fsp3) is 0.478. The Bertz CT molecular complexity index is 810. The van der Waals surface area contributed by atoms with Gasteiger partial charge in [-0.2, -0.15) is 0 Å². The minimum Gasteiger partial charge on any atom is -0.357 e. The van der Waals surface area contributed by atoms with Crippen LogP contribution >= 0.6 is 0 Å². The second kappa shape index (κ2) is 9.69. The summed E-state index contributed by atoms with van der Waals surface area (Å²) < 4.78 is 0. The van der Waals surface area contributed by atoms with Crippen LogP contribution in [-0.4, -0.2) is 59.6 Å². The number of imide groups is 1. The summed E-state index contributed by atoms with van der Waals surface area (Å²) in [4.78, 5) is 53.2. The lowest BCUT2D eigenvalue weighted by atomic mass is 9.85. The van der Waals surface area contributed by atoms with Crippen molar-refractivity contribution in [3.63, 3.8) is 0 Å². The minimum absolute atomic E-state index is 0.0144. The SMILES string of the molecule is CNC(=O)C(C)N(CCc1ccccc1)C(=O)CCN1C(=O)[C@H]2CC=CC[C@H]2C1=O. The number of rotatable bonds is 8. The molecule has 0 saturated carbocycles. The summed E-state index contributed by atoms with van der Waals surface area (Å²) >= 11 is 0. The van der Waals surface area contributed by atoms with Crippen LogP contribution < -0.4 is 5.32 Å². The van der Waals surface area contributed by atoms with Crippen LogP contribution in [0, 0.1) is 11.8 Å². The molecular weight excluding hydrogens is 382 g/mol. The minimum atomic E-state index is -0.636. The number of benzene rings is 1. The zero-order chi connectivity index (χ0) is 21.7. The first-order valence-electron chi connectivity index (χ1n) is 10.5. The lowest BCUT2D eigenvalue weighted by Gasteiger charge is -2.29. The van der Waals surface area contributed by atoms with Crippen LogP contribution in [0.5, 0.6) is 0 Å². The van der Waals surface area contributed by atoms with Crippen LogP contribution in [0.3, 0.4) is 0 Å². The van der Waals surface area contributed by atoms with Gasteiger partial charge in [0.1, 0.15) is 6.04 Å². The molecule has 2 aliphatic rings. The second-order valence-corrected chi connectivity index (χ2v) is 7.85. The molecule has 1 aromatic carbocycles. The first kappa shape index (κ1) is 21.7. The number of nitrogens with one attached hydrogen (secondary N) is 1. The van der Waals surface area contributed by atoms with Gasteiger partial charge in [0, 0.05) is 26.6 Å². The number of amides is 4. The lowest BCUT2D eigenvalue weighted by molar-refractivity contribution is -0.143. The van der Waals surface area contributed by atoms with Gasteiger partial charge in [-0.15, -0.1) is 0 Å². The topological polar surface area (TPSA) is 86.8 Å². The van der Waals surface area contributed by atoms with Crippen molar-refractivity contribution >= 4 is 23.6 Å². The lowest BCUT2D eigenvalue weighted by Crippen LogP contribution is -2.48. The van der Waals surface area contributed by atoms with E-state index < -0.39 is 6.04 Å². The quantitative estimate of drug-likeness (QED) is 0.519. The van der Waals surface area contributed by atoms with Crippen molar-refractivity contribution in [2.75, 3.05) is 20.1 Å². The first-order chi connectivity index (χ1) is 14.4. The monoisotopic (exact) mass is 411 g/mol. The van der Waals surface area contributed by atoms with Crippen LogP contribution in [0.15, 0.2) is 42.5 Å². The summed E-state index contributed by atoms with van der Waals surface area (Å²) in [5, 5.41) is 2.58. The molecule has 0 bridgehead atoms. The number of hydrogen-bond donors (Lipinski definition) is 1. The van der Waals surface area contributed by atoms with Gasteiger partial charge in [0.05, 0.1) is 11.8 Å². The zero-order valence-electron chi connectivity index (χ0n) is 17.5. The fourth-order valence-electron chi connectivity index (χ4n) is 4.22. The van der Waals surface area contributed by atoms with Crippen LogP contribution in [0.1, 0.15) is 31.7 Å². The van der Waals surface area contributed by atoms with Crippen LogP contribution in [0.4, 0.5) is 0 Å². The number of nitrogens with zero attached hydrogens (tertiary/aromatic N) is 2. The zero-order valence-corrected chi connectivity index (χ0v) is 17.5. The molecule has 1 aliphatic carbocycles. The van der Waals surface area contributed by atoms with Crippen molar-refractivity contribution in [2.45, 2.75) is 38.6 Å². The Morgan fingerprint density at radius 2 is 1.70 bits per heavy atom. The third-order valence-corrected chi connectivity index (χ3v) is 6.05. The van der Waals surface area contributed by atoms with Crippen molar-refractivity contribution in [3.05, 3.63) is 48.0 Å². The summed E-state index contributed by atoms with van der Waals surface area (Å²) in [6.07, 6.45) is 5.67. The summed E-state index contributed by atoms with van der Waals surface area (Å²) in [7, 11) is 1.54. The Labute approximate surface area is 177 Å². The highest BCUT2D eigenvalue weighted by molar-refractivity contribution is 6.05. The van der Waals surface area contributed by atoms with E-state index in [-0.39, 0.29) is 48.4 Å². The Morgan fingerprint density at radius 1 is 1.10 bits per heavy atom. The van der Waals surface area contributed by atoms with E-state index in [4.69, 9.17) is 0 Å². The largest absolute Gasteiger partial charge is 0.357 e. The number of carbonyl (C=O) groups excluding carboxylic acids is 4. The number of carbonyl (C=O) groups is 4. The highest BCUT2D eigenvalue weighted by Crippen LogP contribution is 2.35. The average Bonchev–Trinajstić information content (AvgIpc) is 3.02. The Kier molecular flexibility index (Phi) is 7.03. The van der Waals surface area contributed by atoms with Gasteiger partial charge >= 0.3 is 0 Å².